The van der Waals surface area contributed by atoms with Crippen LogP contribution in [0.4, 0.5) is 5.82 Å². The summed E-state index contributed by atoms with van der Waals surface area (Å²) in [6, 6.07) is 1.09. The molecule has 0 aromatic carbocycles. The maximum absolute atomic E-state index is 11.0. The summed E-state index contributed by atoms with van der Waals surface area (Å²) in [6.07, 6.45) is 0. The number of methoxy groups -OCH3 is 1. The Labute approximate surface area is 79.4 Å². The van der Waals surface area contributed by atoms with Gasteiger partial charge >= 0.3 is 11.8 Å². The van der Waals surface area contributed by atoms with Gasteiger partial charge in [0.05, 0.1) is 13.2 Å². The first-order chi connectivity index (χ1) is 6.60. The number of hydrogen-bond donors (Lipinski definition) is 0. The number of nitro groups is 1. The first-order valence-electron chi connectivity index (χ1n) is 3.90. The zero-order valence-electron chi connectivity index (χ0n) is 7.76. The van der Waals surface area contributed by atoms with E-state index in [0.717, 1.165) is 10.7 Å². The number of esters is 1. The average molecular weight is 199 g/mol. The summed E-state index contributed by atoms with van der Waals surface area (Å²) >= 11 is 0. The Morgan fingerprint density at radius 3 is 2.79 bits per heavy atom. The fourth-order valence-electron chi connectivity index (χ4n) is 0.991. The van der Waals surface area contributed by atoms with Gasteiger partial charge in [0.15, 0.2) is 5.69 Å². The minimum absolute atomic E-state index is 0.0546. The van der Waals surface area contributed by atoms with Crippen molar-refractivity contribution < 1.29 is 14.5 Å². The smallest absolute Gasteiger partial charge is 0.360 e. The molecule has 7 nitrogen and oxygen atoms in total. The Hall–Kier alpha value is -1.92. The molecule has 0 spiro atoms. The summed E-state index contributed by atoms with van der Waals surface area (Å²) in [5, 5.41) is 14.2. The highest BCUT2D eigenvalue weighted by Crippen LogP contribution is 2.13. The Balaban J connectivity index is 3.13. The van der Waals surface area contributed by atoms with E-state index in [1.807, 2.05) is 0 Å². The number of carbonyl (C=O) groups excluding carboxylic acids is 1. The predicted octanol–water partition coefficient (Wildman–Crippen LogP) is 0.598. The zero-order chi connectivity index (χ0) is 10.7. The van der Waals surface area contributed by atoms with E-state index < -0.39 is 10.9 Å². The van der Waals surface area contributed by atoms with Crippen LogP contribution in [0.15, 0.2) is 6.07 Å². The molecule has 0 N–H and O–H groups in total. The lowest BCUT2D eigenvalue weighted by molar-refractivity contribution is -0.392. The maximum atomic E-state index is 11.0. The van der Waals surface area contributed by atoms with Crippen LogP contribution < -0.4 is 0 Å². The molecule has 0 bridgehead atoms. The standard InChI is InChI=1S/C7H9N3O4/c1-3-9-6(10(12)13)4-5(8-9)7(11)14-2/h4H,3H2,1-2H3. The molecule has 0 fully saturated rings. The molecule has 0 saturated carbocycles. The molecule has 7 heteroatoms. The van der Waals surface area contributed by atoms with Crippen molar-refractivity contribution in [2.75, 3.05) is 7.11 Å². The van der Waals surface area contributed by atoms with E-state index in [2.05, 4.69) is 9.84 Å². The number of nitrogens with zero attached hydrogens (tertiary/aromatic N) is 3. The number of aromatic nitrogens is 2. The van der Waals surface area contributed by atoms with E-state index in [1.165, 1.54) is 7.11 Å². The molecule has 0 aliphatic carbocycles. The van der Waals surface area contributed by atoms with E-state index in [-0.39, 0.29) is 11.5 Å². The van der Waals surface area contributed by atoms with Crippen molar-refractivity contribution >= 4 is 11.8 Å². The minimum atomic E-state index is -0.680. The van der Waals surface area contributed by atoms with Crippen LogP contribution in [0.2, 0.25) is 0 Å². The Morgan fingerprint density at radius 2 is 2.43 bits per heavy atom. The van der Waals surface area contributed by atoms with Gasteiger partial charge in [-0.2, -0.15) is 0 Å². The second-order valence-electron chi connectivity index (χ2n) is 2.45. The highest BCUT2D eigenvalue weighted by Gasteiger charge is 2.21. The molecule has 0 amide bonds. The number of rotatable bonds is 3. The monoisotopic (exact) mass is 199 g/mol. The molecule has 14 heavy (non-hydrogen) atoms. The molecule has 1 heterocycles. The molecule has 1 aromatic heterocycles. The first-order valence-corrected chi connectivity index (χ1v) is 3.90. The van der Waals surface area contributed by atoms with Gasteiger partial charge < -0.3 is 14.9 Å². The minimum Gasteiger partial charge on any atom is -0.464 e. The van der Waals surface area contributed by atoms with Crippen LogP contribution in [0.25, 0.3) is 0 Å². The van der Waals surface area contributed by atoms with Crippen molar-refractivity contribution in [1.29, 1.82) is 0 Å². The third-order valence-electron chi connectivity index (χ3n) is 1.64. The number of hydrogen-bond acceptors (Lipinski definition) is 5. The van der Waals surface area contributed by atoms with Gasteiger partial charge in [-0.3, -0.25) is 0 Å². The van der Waals surface area contributed by atoms with Crippen LogP contribution in [0.1, 0.15) is 17.4 Å². The van der Waals surface area contributed by atoms with Gasteiger partial charge in [-0.15, -0.1) is 4.68 Å². The summed E-state index contributed by atoms with van der Waals surface area (Å²) in [5.41, 5.74) is -0.0546. The van der Waals surface area contributed by atoms with Crippen LogP contribution in [0.3, 0.4) is 0 Å². The lowest BCUT2D eigenvalue weighted by Crippen LogP contribution is -2.05. The van der Waals surface area contributed by atoms with Crippen LogP contribution in [0, 0.1) is 10.1 Å². The number of aryl methyl sites for hydroxylation is 1. The second-order valence-corrected chi connectivity index (χ2v) is 2.45. The Kier molecular flexibility index (Phi) is 2.80. The largest absolute Gasteiger partial charge is 0.464 e. The van der Waals surface area contributed by atoms with Gasteiger partial charge in [-0.1, -0.05) is 5.10 Å². The highest BCUT2D eigenvalue weighted by molar-refractivity contribution is 5.87. The van der Waals surface area contributed by atoms with Gasteiger partial charge in [-0.05, 0) is 11.8 Å². The van der Waals surface area contributed by atoms with Crippen molar-refractivity contribution in [1.82, 2.24) is 9.78 Å². The molecule has 1 rings (SSSR count). The lowest BCUT2D eigenvalue weighted by atomic mass is 10.4. The third-order valence-corrected chi connectivity index (χ3v) is 1.64. The Bertz CT molecular complexity index is 371. The Morgan fingerprint density at radius 1 is 1.79 bits per heavy atom. The fraction of sp³-hybridized carbons (Fsp3) is 0.429. The summed E-state index contributed by atoms with van der Waals surface area (Å²) in [4.78, 5) is 20.9. The van der Waals surface area contributed by atoms with Crippen molar-refractivity contribution in [2.24, 2.45) is 0 Å². The van der Waals surface area contributed by atoms with Crippen LogP contribution in [-0.2, 0) is 11.3 Å². The molecule has 76 valence electrons. The van der Waals surface area contributed by atoms with Crippen molar-refractivity contribution in [3.63, 3.8) is 0 Å². The molecule has 0 radical (unpaired) electrons. The summed E-state index contributed by atoms with van der Waals surface area (Å²) in [6.45, 7) is 2.02. The van der Waals surface area contributed by atoms with E-state index in [0.29, 0.717) is 6.54 Å². The third kappa shape index (κ3) is 1.70. The molecule has 0 aliphatic rings. The number of carbonyl (C=O) groups is 1. The number of ether oxygens (including phenoxy) is 1. The van der Waals surface area contributed by atoms with Crippen LogP contribution >= 0.6 is 0 Å². The molecule has 0 atom stereocenters. The second kappa shape index (κ2) is 3.86. The molecular formula is C7H9N3O4. The predicted molar refractivity (Wildman–Crippen MR) is 45.9 cm³/mol. The normalized spacial score (nSPS) is 9.86. The summed E-state index contributed by atoms with van der Waals surface area (Å²) in [7, 11) is 1.19. The van der Waals surface area contributed by atoms with Crippen molar-refractivity contribution in [3.05, 3.63) is 21.9 Å². The highest BCUT2D eigenvalue weighted by atomic mass is 16.6. The van der Waals surface area contributed by atoms with Crippen LogP contribution in [-0.4, -0.2) is 27.8 Å². The lowest BCUT2D eigenvalue weighted by Gasteiger charge is -1.92. The van der Waals surface area contributed by atoms with Gasteiger partial charge in [0.25, 0.3) is 0 Å². The maximum Gasteiger partial charge on any atom is 0.360 e. The summed E-state index contributed by atoms with van der Waals surface area (Å²) < 4.78 is 5.52. The molecule has 0 aliphatic heterocycles. The molecule has 0 unspecified atom stereocenters. The quantitative estimate of drug-likeness (QED) is 0.404. The van der Waals surface area contributed by atoms with Gasteiger partial charge in [0.1, 0.15) is 6.54 Å². The van der Waals surface area contributed by atoms with E-state index >= 15 is 0 Å². The fourth-order valence-corrected chi connectivity index (χ4v) is 0.991. The molecule has 1 aromatic rings. The van der Waals surface area contributed by atoms with E-state index in [9.17, 15) is 14.9 Å². The summed E-state index contributed by atoms with van der Waals surface area (Å²) in [5.74, 6) is -0.895. The zero-order valence-corrected chi connectivity index (χ0v) is 7.76. The van der Waals surface area contributed by atoms with E-state index in [1.54, 1.807) is 6.92 Å². The van der Waals surface area contributed by atoms with Crippen molar-refractivity contribution in [3.8, 4) is 0 Å². The molecular weight excluding hydrogens is 190 g/mol. The van der Waals surface area contributed by atoms with Gasteiger partial charge in [-0.25, -0.2) is 4.79 Å². The van der Waals surface area contributed by atoms with Crippen LogP contribution in [0.5, 0.6) is 0 Å². The van der Waals surface area contributed by atoms with Gasteiger partial charge in [0.2, 0.25) is 0 Å². The SMILES string of the molecule is CCn1nc(C(=O)OC)cc1[N+](=O)[O-]. The average Bonchev–Trinajstić information content (AvgIpc) is 2.60. The van der Waals surface area contributed by atoms with Crippen molar-refractivity contribution in [2.45, 2.75) is 13.5 Å². The van der Waals surface area contributed by atoms with Gasteiger partial charge in [0, 0.05) is 0 Å². The topological polar surface area (TPSA) is 87.3 Å². The van der Waals surface area contributed by atoms with E-state index in [4.69, 9.17) is 0 Å². The molecule has 0 saturated heterocycles. The first kappa shape index (κ1) is 10.2.